The first kappa shape index (κ1) is 20.1. The quantitative estimate of drug-likeness (QED) is 0.297. The van der Waals surface area contributed by atoms with Crippen LogP contribution in [0.3, 0.4) is 0 Å². The maximum absolute atomic E-state index is 4.63. The number of rotatable bonds is 6. The summed E-state index contributed by atoms with van der Waals surface area (Å²) in [6.07, 6.45) is 4.18. The van der Waals surface area contributed by atoms with Crippen LogP contribution in [-0.4, -0.2) is 47.6 Å². The van der Waals surface area contributed by atoms with E-state index in [-0.39, 0.29) is 24.0 Å². The highest BCUT2D eigenvalue weighted by molar-refractivity contribution is 14.0. The Labute approximate surface area is 151 Å². The summed E-state index contributed by atoms with van der Waals surface area (Å²) in [7, 11) is 4.13. The summed E-state index contributed by atoms with van der Waals surface area (Å²) in [5.41, 5.74) is 1.25. The minimum atomic E-state index is 0. The van der Waals surface area contributed by atoms with E-state index in [4.69, 9.17) is 0 Å². The van der Waals surface area contributed by atoms with Gasteiger partial charge < -0.3 is 14.8 Å². The van der Waals surface area contributed by atoms with Gasteiger partial charge in [-0.05, 0) is 35.2 Å². The van der Waals surface area contributed by atoms with Crippen molar-refractivity contribution in [3.05, 3.63) is 22.4 Å². The Morgan fingerprint density at radius 3 is 2.75 bits per heavy atom. The first-order chi connectivity index (χ1) is 9.08. The van der Waals surface area contributed by atoms with Crippen LogP contribution in [0.4, 0.5) is 0 Å². The molecule has 0 aliphatic carbocycles. The van der Waals surface area contributed by atoms with Crippen LogP contribution in [0.1, 0.15) is 12.6 Å². The molecule has 0 unspecified atom stereocenters. The van der Waals surface area contributed by atoms with E-state index >= 15 is 0 Å². The molecule has 1 heterocycles. The minimum absolute atomic E-state index is 0. The van der Waals surface area contributed by atoms with Gasteiger partial charge in [0.1, 0.15) is 0 Å². The molecule has 1 N–H and O–H groups in total. The van der Waals surface area contributed by atoms with E-state index in [0.29, 0.717) is 0 Å². The zero-order valence-corrected chi connectivity index (χ0v) is 17.3. The van der Waals surface area contributed by atoms with Crippen molar-refractivity contribution in [1.82, 2.24) is 14.8 Å². The standard InChI is InChI=1S/C13H23BrN4S.HI/c1-5-15-13(16-6-7-19-4)18(3)10-12-8-11(14)9-17(12)2;/h8-9H,5-7,10H2,1-4H3,(H,15,16);1H. The molecule has 0 aliphatic heterocycles. The lowest BCUT2D eigenvalue weighted by Gasteiger charge is -2.22. The highest BCUT2D eigenvalue weighted by Gasteiger charge is 2.09. The number of hydrogen-bond acceptors (Lipinski definition) is 2. The monoisotopic (exact) mass is 474 g/mol. The number of aromatic nitrogens is 1. The SMILES string of the molecule is CCNC(=NCCSC)N(C)Cc1cc(Br)cn1C.I. The lowest BCUT2D eigenvalue weighted by atomic mass is 10.4. The van der Waals surface area contributed by atoms with Gasteiger partial charge in [-0.2, -0.15) is 11.8 Å². The predicted molar refractivity (Wildman–Crippen MR) is 104 cm³/mol. The van der Waals surface area contributed by atoms with Gasteiger partial charge in [0.05, 0.1) is 13.1 Å². The molecule has 0 saturated carbocycles. The van der Waals surface area contributed by atoms with Gasteiger partial charge >= 0.3 is 0 Å². The molecule has 0 saturated heterocycles. The van der Waals surface area contributed by atoms with Crippen LogP contribution in [0.2, 0.25) is 0 Å². The summed E-state index contributed by atoms with van der Waals surface area (Å²) < 4.78 is 3.24. The smallest absolute Gasteiger partial charge is 0.194 e. The van der Waals surface area contributed by atoms with E-state index in [0.717, 1.165) is 35.8 Å². The number of thioether (sulfide) groups is 1. The number of aryl methyl sites for hydroxylation is 1. The fourth-order valence-corrected chi connectivity index (χ4v) is 2.60. The summed E-state index contributed by atoms with van der Waals surface area (Å²) in [4.78, 5) is 6.78. The highest BCUT2D eigenvalue weighted by Crippen LogP contribution is 2.14. The molecule has 4 nitrogen and oxygen atoms in total. The molecule has 7 heteroatoms. The Morgan fingerprint density at radius 2 is 2.25 bits per heavy atom. The van der Waals surface area contributed by atoms with Crippen LogP contribution in [0.25, 0.3) is 0 Å². The summed E-state index contributed by atoms with van der Waals surface area (Å²) >= 11 is 5.32. The van der Waals surface area contributed by atoms with Crippen molar-refractivity contribution >= 4 is 57.6 Å². The molecule has 0 amide bonds. The van der Waals surface area contributed by atoms with Crippen molar-refractivity contribution in [2.24, 2.45) is 12.0 Å². The first-order valence-corrected chi connectivity index (χ1v) is 8.56. The molecular weight excluding hydrogens is 451 g/mol. The van der Waals surface area contributed by atoms with Crippen molar-refractivity contribution in [3.8, 4) is 0 Å². The van der Waals surface area contributed by atoms with Gasteiger partial charge in [-0.1, -0.05) is 0 Å². The fraction of sp³-hybridized carbons (Fsp3) is 0.615. The molecule has 0 spiro atoms. The lowest BCUT2D eigenvalue weighted by molar-refractivity contribution is 0.462. The summed E-state index contributed by atoms with van der Waals surface area (Å²) in [5.74, 6) is 2.02. The molecule has 0 aliphatic rings. The third-order valence-corrected chi connectivity index (χ3v) is 3.75. The van der Waals surface area contributed by atoms with Crippen LogP contribution in [-0.2, 0) is 13.6 Å². The Bertz CT molecular complexity index is 423. The second kappa shape index (κ2) is 10.8. The van der Waals surface area contributed by atoms with E-state index in [9.17, 15) is 0 Å². The second-order valence-electron chi connectivity index (χ2n) is 4.35. The zero-order chi connectivity index (χ0) is 14.3. The second-order valence-corrected chi connectivity index (χ2v) is 6.25. The number of nitrogens with one attached hydrogen (secondary N) is 1. The summed E-state index contributed by atoms with van der Waals surface area (Å²) in [6, 6.07) is 2.14. The van der Waals surface area contributed by atoms with E-state index < -0.39 is 0 Å². The van der Waals surface area contributed by atoms with Crippen molar-refractivity contribution < 1.29 is 0 Å². The average Bonchev–Trinajstić information content (AvgIpc) is 2.67. The van der Waals surface area contributed by atoms with Crippen LogP contribution in [0.15, 0.2) is 21.7 Å². The van der Waals surface area contributed by atoms with Crippen LogP contribution < -0.4 is 5.32 Å². The van der Waals surface area contributed by atoms with Gasteiger partial charge in [-0.25, -0.2) is 0 Å². The lowest BCUT2D eigenvalue weighted by Crippen LogP contribution is -2.39. The van der Waals surface area contributed by atoms with E-state index in [2.05, 4.69) is 75.2 Å². The third-order valence-electron chi connectivity index (χ3n) is 2.73. The number of halogens is 2. The van der Waals surface area contributed by atoms with Crippen LogP contribution in [0.5, 0.6) is 0 Å². The molecule has 0 bridgehead atoms. The molecule has 0 radical (unpaired) electrons. The summed E-state index contributed by atoms with van der Waals surface area (Å²) in [5, 5.41) is 3.33. The normalized spacial score (nSPS) is 11.2. The molecule has 116 valence electrons. The number of hydrogen-bond donors (Lipinski definition) is 1. The highest BCUT2D eigenvalue weighted by atomic mass is 127. The van der Waals surface area contributed by atoms with Gasteiger partial charge in [0.15, 0.2) is 5.96 Å². The zero-order valence-electron chi connectivity index (χ0n) is 12.5. The number of guanidine groups is 1. The minimum Gasteiger partial charge on any atom is -0.357 e. The molecular formula is C13H24BrIN4S. The number of aliphatic imine (C=N–C) groups is 1. The Kier molecular flexibility index (Phi) is 10.8. The Balaban J connectivity index is 0.00000361. The molecule has 1 aromatic heterocycles. The van der Waals surface area contributed by atoms with E-state index in [1.165, 1.54) is 5.69 Å². The molecule has 0 atom stereocenters. The van der Waals surface area contributed by atoms with Crippen LogP contribution >= 0.6 is 51.7 Å². The van der Waals surface area contributed by atoms with Gasteiger partial charge in [0.25, 0.3) is 0 Å². The Morgan fingerprint density at radius 1 is 1.55 bits per heavy atom. The van der Waals surface area contributed by atoms with Gasteiger partial charge in [0.2, 0.25) is 0 Å². The third kappa shape index (κ3) is 6.71. The maximum atomic E-state index is 4.63. The van der Waals surface area contributed by atoms with Crippen molar-refractivity contribution in [1.29, 1.82) is 0 Å². The van der Waals surface area contributed by atoms with Crippen LogP contribution in [0, 0.1) is 0 Å². The van der Waals surface area contributed by atoms with Gasteiger partial charge in [0, 0.05) is 42.8 Å². The van der Waals surface area contributed by atoms with Crippen molar-refractivity contribution in [2.75, 3.05) is 32.1 Å². The van der Waals surface area contributed by atoms with Crippen molar-refractivity contribution in [3.63, 3.8) is 0 Å². The average molecular weight is 475 g/mol. The first-order valence-electron chi connectivity index (χ1n) is 6.37. The van der Waals surface area contributed by atoms with E-state index in [1.807, 2.05) is 11.8 Å². The van der Waals surface area contributed by atoms with E-state index in [1.54, 1.807) is 0 Å². The number of nitrogens with zero attached hydrogens (tertiary/aromatic N) is 3. The molecule has 0 fully saturated rings. The molecule has 20 heavy (non-hydrogen) atoms. The maximum Gasteiger partial charge on any atom is 0.194 e. The molecule has 1 rings (SSSR count). The predicted octanol–water partition coefficient (Wildman–Crippen LogP) is 3.17. The molecule has 1 aromatic rings. The van der Waals surface area contributed by atoms with Gasteiger partial charge in [-0.3, -0.25) is 4.99 Å². The fourth-order valence-electron chi connectivity index (χ4n) is 1.75. The largest absolute Gasteiger partial charge is 0.357 e. The van der Waals surface area contributed by atoms with Gasteiger partial charge in [-0.15, -0.1) is 24.0 Å². The summed E-state index contributed by atoms with van der Waals surface area (Å²) in [6.45, 7) is 4.67. The Hall–Kier alpha value is 0.110. The molecule has 0 aromatic carbocycles. The topological polar surface area (TPSA) is 32.6 Å². The van der Waals surface area contributed by atoms with Crippen molar-refractivity contribution in [2.45, 2.75) is 13.5 Å².